The molecule has 0 saturated heterocycles. The molecular weight excluding hydrogens is 372 g/mol. The van der Waals surface area contributed by atoms with Gasteiger partial charge in [-0.25, -0.2) is 9.97 Å². The number of nitrogens with one attached hydrogen (secondary N) is 2. The Hall–Kier alpha value is -4.01. The molecular formula is C20H20N6O3. The van der Waals surface area contributed by atoms with E-state index in [2.05, 4.69) is 20.8 Å². The maximum absolute atomic E-state index is 12.3. The van der Waals surface area contributed by atoms with Gasteiger partial charge in [0, 0.05) is 17.8 Å². The van der Waals surface area contributed by atoms with Crippen molar-refractivity contribution in [1.82, 2.24) is 15.4 Å². The molecule has 3 aromatic rings. The summed E-state index contributed by atoms with van der Waals surface area (Å²) in [5.74, 6) is -0.407. The molecule has 1 aromatic heterocycles. The highest BCUT2D eigenvalue weighted by atomic mass is 16.6. The number of aromatic nitrogens is 2. The molecule has 0 radical (unpaired) electrons. The first kappa shape index (κ1) is 19.7. The van der Waals surface area contributed by atoms with E-state index in [-0.39, 0.29) is 17.3 Å². The molecule has 3 rings (SSSR count). The van der Waals surface area contributed by atoms with Crippen molar-refractivity contribution >= 4 is 28.9 Å². The molecule has 0 fully saturated rings. The largest absolute Gasteiger partial charge is 0.355 e. The SMILES string of the molecule is CCN(c1ccccc1)c1ncnc(NNC(=O)c2ccc(C)cc2)c1[N+](=O)[O-]. The topological polar surface area (TPSA) is 113 Å². The smallest absolute Gasteiger partial charge is 0.321 e. The minimum absolute atomic E-state index is 0.102. The first-order chi connectivity index (χ1) is 14.0. The Morgan fingerprint density at radius 1 is 1.10 bits per heavy atom. The number of anilines is 3. The Morgan fingerprint density at radius 2 is 1.79 bits per heavy atom. The second kappa shape index (κ2) is 8.79. The molecule has 0 aliphatic carbocycles. The first-order valence-electron chi connectivity index (χ1n) is 8.96. The number of para-hydroxylation sites is 1. The summed E-state index contributed by atoms with van der Waals surface area (Å²) in [6.07, 6.45) is 1.22. The second-order valence-corrected chi connectivity index (χ2v) is 6.18. The second-order valence-electron chi connectivity index (χ2n) is 6.18. The molecule has 2 aromatic carbocycles. The summed E-state index contributed by atoms with van der Waals surface area (Å²) < 4.78 is 0. The zero-order valence-corrected chi connectivity index (χ0v) is 16.0. The van der Waals surface area contributed by atoms with E-state index in [1.165, 1.54) is 6.33 Å². The van der Waals surface area contributed by atoms with Gasteiger partial charge in [0.25, 0.3) is 5.91 Å². The van der Waals surface area contributed by atoms with Crippen LogP contribution < -0.4 is 15.8 Å². The molecule has 0 saturated carbocycles. The normalized spacial score (nSPS) is 10.3. The lowest BCUT2D eigenvalue weighted by Crippen LogP contribution is -2.30. The lowest BCUT2D eigenvalue weighted by atomic mass is 10.1. The van der Waals surface area contributed by atoms with Crippen LogP contribution in [0.5, 0.6) is 0 Å². The van der Waals surface area contributed by atoms with Crippen LogP contribution in [0.4, 0.5) is 23.0 Å². The third kappa shape index (κ3) is 4.46. The first-order valence-corrected chi connectivity index (χ1v) is 8.96. The maximum Gasteiger partial charge on any atom is 0.355 e. The number of aryl methyl sites for hydroxylation is 1. The number of carbonyl (C=O) groups excluding carboxylic acids is 1. The molecule has 2 N–H and O–H groups in total. The van der Waals surface area contributed by atoms with Gasteiger partial charge in [-0.1, -0.05) is 35.9 Å². The van der Waals surface area contributed by atoms with Gasteiger partial charge in [-0.05, 0) is 38.1 Å². The number of hydrazine groups is 1. The van der Waals surface area contributed by atoms with E-state index < -0.39 is 10.8 Å². The number of amides is 1. The molecule has 29 heavy (non-hydrogen) atoms. The number of benzene rings is 2. The van der Waals surface area contributed by atoms with Crippen molar-refractivity contribution in [3.05, 3.63) is 82.2 Å². The van der Waals surface area contributed by atoms with Crippen molar-refractivity contribution in [2.24, 2.45) is 0 Å². The molecule has 0 aliphatic heterocycles. The van der Waals surface area contributed by atoms with Crippen LogP contribution in [-0.2, 0) is 0 Å². The summed E-state index contributed by atoms with van der Waals surface area (Å²) in [5.41, 5.74) is 6.87. The van der Waals surface area contributed by atoms with Gasteiger partial charge in [0.15, 0.2) is 0 Å². The van der Waals surface area contributed by atoms with Crippen LogP contribution in [0.2, 0.25) is 0 Å². The lowest BCUT2D eigenvalue weighted by Gasteiger charge is -2.22. The Labute approximate surface area is 167 Å². The molecule has 0 unspecified atom stereocenters. The average molecular weight is 392 g/mol. The van der Waals surface area contributed by atoms with Crippen molar-refractivity contribution in [2.45, 2.75) is 13.8 Å². The van der Waals surface area contributed by atoms with Gasteiger partial charge < -0.3 is 4.90 Å². The van der Waals surface area contributed by atoms with E-state index in [4.69, 9.17) is 0 Å². The molecule has 0 spiro atoms. The van der Waals surface area contributed by atoms with E-state index >= 15 is 0 Å². The summed E-state index contributed by atoms with van der Waals surface area (Å²) in [6, 6.07) is 16.2. The third-order valence-corrected chi connectivity index (χ3v) is 4.23. The molecule has 1 amide bonds. The minimum Gasteiger partial charge on any atom is -0.321 e. The van der Waals surface area contributed by atoms with Gasteiger partial charge >= 0.3 is 5.69 Å². The van der Waals surface area contributed by atoms with E-state index in [9.17, 15) is 14.9 Å². The molecule has 0 aliphatic rings. The highest BCUT2D eigenvalue weighted by Crippen LogP contribution is 2.35. The summed E-state index contributed by atoms with van der Waals surface area (Å²) >= 11 is 0. The van der Waals surface area contributed by atoms with Crippen LogP contribution in [0.15, 0.2) is 60.9 Å². The van der Waals surface area contributed by atoms with Gasteiger partial charge in [0.05, 0.1) is 4.92 Å². The number of hydrogen-bond acceptors (Lipinski definition) is 7. The van der Waals surface area contributed by atoms with E-state index in [0.717, 1.165) is 11.3 Å². The minimum atomic E-state index is -0.568. The van der Waals surface area contributed by atoms with E-state index in [1.54, 1.807) is 29.2 Å². The van der Waals surface area contributed by atoms with Crippen LogP contribution >= 0.6 is 0 Å². The van der Waals surface area contributed by atoms with Gasteiger partial charge in [-0.2, -0.15) is 0 Å². The van der Waals surface area contributed by atoms with E-state index in [1.807, 2.05) is 44.2 Å². The van der Waals surface area contributed by atoms with Crippen molar-refractivity contribution < 1.29 is 9.72 Å². The monoisotopic (exact) mass is 392 g/mol. The maximum atomic E-state index is 12.3. The summed E-state index contributed by atoms with van der Waals surface area (Å²) in [4.78, 5) is 33.3. The molecule has 0 bridgehead atoms. The molecule has 9 heteroatoms. The predicted octanol–water partition coefficient (Wildman–Crippen LogP) is 3.61. The number of hydrogen-bond donors (Lipinski definition) is 2. The van der Waals surface area contributed by atoms with Crippen LogP contribution in [0, 0.1) is 17.0 Å². The summed E-state index contributed by atoms with van der Waals surface area (Å²) in [5, 5.41) is 11.8. The molecule has 9 nitrogen and oxygen atoms in total. The zero-order chi connectivity index (χ0) is 20.8. The fourth-order valence-corrected chi connectivity index (χ4v) is 2.78. The van der Waals surface area contributed by atoms with Crippen LogP contribution in [0.1, 0.15) is 22.8 Å². The average Bonchev–Trinajstić information content (AvgIpc) is 2.73. The van der Waals surface area contributed by atoms with Gasteiger partial charge in [-0.3, -0.25) is 25.8 Å². The number of nitrogens with zero attached hydrogens (tertiary/aromatic N) is 4. The molecule has 1 heterocycles. The van der Waals surface area contributed by atoms with Gasteiger partial charge in [0.1, 0.15) is 6.33 Å². The van der Waals surface area contributed by atoms with Crippen LogP contribution in [0.3, 0.4) is 0 Å². The Balaban J connectivity index is 1.89. The van der Waals surface area contributed by atoms with Crippen molar-refractivity contribution in [3.8, 4) is 0 Å². The predicted molar refractivity (Wildman–Crippen MR) is 110 cm³/mol. The van der Waals surface area contributed by atoms with Gasteiger partial charge in [0.2, 0.25) is 11.6 Å². The Bertz CT molecular complexity index is 1010. The quantitative estimate of drug-likeness (QED) is 0.466. The fraction of sp³-hybridized carbons (Fsp3) is 0.150. The summed E-state index contributed by atoms with van der Waals surface area (Å²) in [6.45, 7) is 4.24. The highest BCUT2D eigenvalue weighted by Gasteiger charge is 2.27. The molecule has 148 valence electrons. The third-order valence-electron chi connectivity index (χ3n) is 4.23. The molecule has 0 atom stereocenters. The fourth-order valence-electron chi connectivity index (χ4n) is 2.78. The van der Waals surface area contributed by atoms with Gasteiger partial charge in [-0.15, -0.1) is 0 Å². The number of rotatable bonds is 7. The van der Waals surface area contributed by atoms with Crippen LogP contribution in [-0.4, -0.2) is 27.3 Å². The number of carbonyl (C=O) groups is 1. The zero-order valence-electron chi connectivity index (χ0n) is 16.0. The van der Waals surface area contributed by atoms with Crippen molar-refractivity contribution in [1.29, 1.82) is 0 Å². The van der Waals surface area contributed by atoms with E-state index in [0.29, 0.717) is 12.1 Å². The Morgan fingerprint density at radius 3 is 2.41 bits per heavy atom. The highest BCUT2D eigenvalue weighted by molar-refractivity contribution is 5.95. The standard InChI is InChI=1S/C20H20N6O3/c1-3-25(16-7-5-4-6-8-16)19-17(26(28)29)18(21-13-22-19)23-24-20(27)15-11-9-14(2)10-12-15/h4-13H,3H2,1-2H3,(H,24,27)(H,21,22,23). The Kier molecular flexibility index (Phi) is 5.98. The van der Waals surface area contributed by atoms with Crippen LogP contribution in [0.25, 0.3) is 0 Å². The van der Waals surface area contributed by atoms with Crippen molar-refractivity contribution in [3.63, 3.8) is 0 Å². The summed E-state index contributed by atoms with van der Waals surface area (Å²) in [7, 11) is 0. The van der Waals surface area contributed by atoms with Crippen molar-refractivity contribution in [2.75, 3.05) is 16.9 Å². The lowest BCUT2D eigenvalue weighted by molar-refractivity contribution is -0.383. The number of nitro groups is 1.